The lowest BCUT2D eigenvalue weighted by Gasteiger charge is -2.09. The second-order valence-electron chi connectivity index (χ2n) is 6.81. The van der Waals surface area contributed by atoms with Gasteiger partial charge in [0, 0.05) is 12.1 Å². The van der Waals surface area contributed by atoms with Gasteiger partial charge < -0.3 is 10.1 Å². The summed E-state index contributed by atoms with van der Waals surface area (Å²) >= 11 is 0. The summed E-state index contributed by atoms with van der Waals surface area (Å²) in [5.74, 6) is -0.727. The van der Waals surface area contributed by atoms with E-state index in [1.54, 1.807) is 48.5 Å². The molecule has 1 amide bonds. The molecule has 0 bridgehead atoms. The van der Waals surface area contributed by atoms with Crippen molar-refractivity contribution >= 4 is 28.3 Å². The molecule has 8 nitrogen and oxygen atoms in total. The fraction of sp³-hybridized carbons (Fsp3) is 0.273. The van der Waals surface area contributed by atoms with Gasteiger partial charge in [0.2, 0.25) is 5.91 Å². The molecule has 0 saturated carbocycles. The average molecular weight is 409 g/mol. The van der Waals surface area contributed by atoms with E-state index < -0.39 is 5.97 Å². The summed E-state index contributed by atoms with van der Waals surface area (Å²) in [4.78, 5) is 48.7. The van der Waals surface area contributed by atoms with Gasteiger partial charge in [0.25, 0.3) is 11.1 Å². The molecule has 1 heterocycles. The first-order valence-corrected chi connectivity index (χ1v) is 9.78. The van der Waals surface area contributed by atoms with E-state index in [-0.39, 0.29) is 30.0 Å². The number of hydrogen-bond acceptors (Lipinski definition) is 5. The minimum absolute atomic E-state index is 0.00496. The number of rotatable bonds is 8. The van der Waals surface area contributed by atoms with Gasteiger partial charge in [-0.3, -0.25) is 19.5 Å². The number of anilines is 1. The number of hydrogen-bond donors (Lipinski definition) is 2. The van der Waals surface area contributed by atoms with Gasteiger partial charge in [-0.2, -0.15) is 0 Å². The van der Waals surface area contributed by atoms with Gasteiger partial charge in [0.05, 0.1) is 29.5 Å². The molecule has 1 aromatic heterocycles. The number of amides is 1. The molecule has 3 rings (SSSR count). The lowest BCUT2D eigenvalue weighted by Crippen LogP contribution is -2.31. The number of carbonyl (C=O) groups excluding carboxylic acids is 2. The standard InChI is InChI=1S/C22H23N3O5/c1-2-3-14-30-22(29)15-8-10-16(11-9-15)23-19(26)12-13-25-21(28)18-7-5-4-6-17(18)20(27)24-25/h4-11H,2-3,12-14H2,1H3,(H,23,26)(H,24,27). The number of benzene rings is 2. The van der Waals surface area contributed by atoms with Crippen molar-refractivity contribution in [3.63, 3.8) is 0 Å². The van der Waals surface area contributed by atoms with Crippen LogP contribution in [0.4, 0.5) is 5.69 Å². The first kappa shape index (κ1) is 21.0. The minimum atomic E-state index is -0.402. The fourth-order valence-corrected chi connectivity index (χ4v) is 2.92. The first-order chi connectivity index (χ1) is 14.5. The molecule has 30 heavy (non-hydrogen) atoms. The number of carbonyl (C=O) groups is 2. The monoisotopic (exact) mass is 409 g/mol. The van der Waals surface area contributed by atoms with E-state index in [1.165, 1.54) is 0 Å². The van der Waals surface area contributed by atoms with Crippen LogP contribution in [0.5, 0.6) is 0 Å². The molecule has 2 aromatic carbocycles. The summed E-state index contributed by atoms with van der Waals surface area (Å²) in [6.07, 6.45) is 1.75. The largest absolute Gasteiger partial charge is 0.462 e. The molecule has 0 radical (unpaired) electrons. The van der Waals surface area contributed by atoms with Crippen LogP contribution in [0.15, 0.2) is 58.1 Å². The van der Waals surface area contributed by atoms with Crippen molar-refractivity contribution in [2.75, 3.05) is 11.9 Å². The number of aromatic nitrogens is 2. The quantitative estimate of drug-likeness (QED) is 0.439. The fourth-order valence-electron chi connectivity index (χ4n) is 2.92. The molecule has 156 valence electrons. The lowest BCUT2D eigenvalue weighted by molar-refractivity contribution is -0.116. The van der Waals surface area contributed by atoms with Crippen LogP contribution < -0.4 is 16.4 Å². The van der Waals surface area contributed by atoms with Crippen LogP contribution >= 0.6 is 0 Å². The van der Waals surface area contributed by atoms with Crippen LogP contribution in [-0.2, 0) is 16.1 Å². The van der Waals surface area contributed by atoms with E-state index >= 15 is 0 Å². The highest BCUT2D eigenvalue weighted by Crippen LogP contribution is 2.11. The van der Waals surface area contributed by atoms with E-state index in [1.807, 2.05) is 6.92 Å². The Hall–Kier alpha value is -3.68. The van der Waals surface area contributed by atoms with Crippen LogP contribution in [0.25, 0.3) is 10.8 Å². The zero-order chi connectivity index (χ0) is 21.5. The number of unbranched alkanes of at least 4 members (excludes halogenated alkanes) is 1. The molecule has 3 aromatic rings. The summed E-state index contributed by atoms with van der Waals surface area (Å²) in [5.41, 5.74) is 0.185. The molecular weight excluding hydrogens is 386 g/mol. The third kappa shape index (κ3) is 5.02. The Labute approximate surface area is 172 Å². The third-order valence-electron chi connectivity index (χ3n) is 4.58. The number of fused-ring (bicyclic) bond motifs is 1. The first-order valence-electron chi connectivity index (χ1n) is 9.78. The van der Waals surface area contributed by atoms with Gasteiger partial charge in [-0.05, 0) is 42.8 Å². The molecule has 0 aliphatic carbocycles. The maximum absolute atomic E-state index is 12.5. The van der Waals surface area contributed by atoms with Crippen LogP contribution in [0.3, 0.4) is 0 Å². The molecule has 0 unspecified atom stereocenters. The Bertz CT molecular complexity index is 1160. The number of ether oxygens (including phenoxy) is 1. The van der Waals surface area contributed by atoms with Gasteiger partial charge in [-0.1, -0.05) is 25.5 Å². The summed E-state index contributed by atoms with van der Waals surface area (Å²) in [6, 6.07) is 12.9. The maximum Gasteiger partial charge on any atom is 0.338 e. The summed E-state index contributed by atoms with van der Waals surface area (Å²) in [7, 11) is 0. The lowest BCUT2D eigenvalue weighted by atomic mass is 10.2. The van der Waals surface area contributed by atoms with Gasteiger partial charge in [0.15, 0.2) is 0 Å². The molecular formula is C22H23N3O5. The van der Waals surface area contributed by atoms with E-state index in [9.17, 15) is 19.2 Å². The Morgan fingerprint density at radius 3 is 2.43 bits per heavy atom. The third-order valence-corrected chi connectivity index (χ3v) is 4.58. The second kappa shape index (κ2) is 9.69. The molecule has 0 aliphatic heterocycles. The molecule has 8 heteroatoms. The van der Waals surface area contributed by atoms with Crippen LogP contribution in [0.1, 0.15) is 36.5 Å². The van der Waals surface area contributed by atoms with E-state index in [0.717, 1.165) is 17.5 Å². The van der Waals surface area contributed by atoms with Gasteiger partial charge in [0.1, 0.15) is 0 Å². The Kier molecular flexibility index (Phi) is 6.79. The summed E-state index contributed by atoms with van der Waals surface area (Å²) < 4.78 is 6.28. The molecule has 0 spiro atoms. The smallest absolute Gasteiger partial charge is 0.338 e. The van der Waals surface area contributed by atoms with Crippen molar-refractivity contribution < 1.29 is 14.3 Å². The maximum atomic E-state index is 12.5. The van der Waals surface area contributed by atoms with Crippen LogP contribution in [0.2, 0.25) is 0 Å². The number of H-pyrrole nitrogens is 1. The van der Waals surface area contributed by atoms with E-state index in [2.05, 4.69) is 10.4 Å². The van der Waals surface area contributed by atoms with Gasteiger partial charge >= 0.3 is 5.97 Å². The summed E-state index contributed by atoms with van der Waals surface area (Å²) in [5, 5.41) is 5.82. The molecule has 0 fully saturated rings. The van der Waals surface area contributed by atoms with Gasteiger partial charge in [-0.25, -0.2) is 9.48 Å². The Morgan fingerprint density at radius 1 is 1.03 bits per heavy atom. The van der Waals surface area contributed by atoms with E-state index in [4.69, 9.17) is 4.74 Å². The Balaban J connectivity index is 1.59. The second-order valence-corrected chi connectivity index (χ2v) is 6.81. The van der Waals surface area contributed by atoms with Gasteiger partial charge in [-0.15, -0.1) is 0 Å². The predicted molar refractivity (Wildman–Crippen MR) is 114 cm³/mol. The highest BCUT2D eigenvalue weighted by Gasteiger charge is 2.10. The number of nitrogens with zero attached hydrogens (tertiary/aromatic N) is 1. The van der Waals surface area contributed by atoms with Crippen LogP contribution in [0, 0.1) is 0 Å². The van der Waals surface area contributed by atoms with Crippen molar-refractivity contribution in [1.29, 1.82) is 0 Å². The normalized spacial score (nSPS) is 10.7. The molecule has 0 saturated heterocycles. The van der Waals surface area contributed by atoms with Crippen molar-refractivity contribution in [1.82, 2.24) is 9.78 Å². The number of aryl methyl sites for hydroxylation is 1. The topological polar surface area (TPSA) is 110 Å². The highest BCUT2D eigenvalue weighted by molar-refractivity contribution is 5.93. The Morgan fingerprint density at radius 2 is 1.73 bits per heavy atom. The minimum Gasteiger partial charge on any atom is -0.462 e. The van der Waals surface area contributed by atoms with Crippen molar-refractivity contribution in [2.24, 2.45) is 0 Å². The average Bonchev–Trinajstić information content (AvgIpc) is 2.76. The number of nitrogens with one attached hydrogen (secondary N) is 2. The summed E-state index contributed by atoms with van der Waals surface area (Å²) in [6.45, 7) is 2.43. The van der Waals surface area contributed by atoms with Crippen molar-refractivity contribution in [3.05, 3.63) is 74.8 Å². The van der Waals surface area contributed by atoms with E-state index in [0.29, 0.717) is 28.6 Å². The molecule has 0 aliphatic rings. The van der Waals surface area contributed by atoms with Crippen molar-refractivity contribution in [2.45, 2.75) is 32.7 Å². The number of esters is 1. The predicted octanol–water partition coefficient (Wildman–Crippen LogP) is 2.68. The zero-order valence-corrected chi connectivity index (χ0v) is 16.6. The SMILES string of the molecule is CCCCOC(=O)c1ccc(NC(=O)CCn2[nH]c(=O)c3ccccc3c2=O)cc1. The zero-order valence-electron chi connectivity index (χ0n) is 16.6. The van der Waals surface area contributed by atoms with Crippen molar-refractivity contribution in [3.8, 4) is 0 Å². The highest BCUT2D eigenvalue weighted by atomic mass is 16.5. The number of aromatic amines is 1. The molecule has 0 atom stereocenters. The molecule has 2 N–H and O–H groups in total. The van der Waals surface area contributed by atoms with Crippen LogP contribution in [-0.4, -0.2) is 28.3 Å².